The Kier molecular flexibility index (Phi) is 6.99. The molecule has 3 N–H and O–H groups in total. The van der Waals surface area contributed by atoms with Crippen molar-refractivity contribution in [1.29, 1.82) is 0 Å². The number of likely N-dealkylation sites (N-methyl/N-ethyl adjacent to an activating group) is 1. The van der Waals surface area contributed by atoms with Gasteiger partial charge < -0.3 is 16.0 Å². The van der Waals surface area contributed by atoms with Crippen LogP contribution >= 0.6 is 0 Å². The van der Waals surface area contributed by atoms with Gasteiger partial charge in [-0.2, -0.15) is 0 Å². The third kappa shape index (κ3) is 4.78. The van der Waals surface area contributed by atoms with Crippen molar-refractivity contribution in [2.24, 2.45) is 11.7 Å². The number of amides is 2. The number of hydrogen-bond acceptors (Lipinski definition) is 3. The Morgan fingerprint density at radius 2 is 2.00 bits per heavy atom. The van der Waals surface area contributed by atoms with E-state index < -0.39 is 0 Å². The molecule has 1 fully saturated rings. The van der Waals surface area contributed by atoms with E-state index in [4.69, 9.17) is 5.73 Å². The molecule has 1 aliphatic rings. The number of nitrogens with two attached hydrogens (primary N) is 1. The van der Waals surface area contributed by atoms with Crippen LogP contribution in [0.25, 0.3) is 0 Å². The maximum Gasteiger partial charge on any atom is 0.242 e. The van der Waals surface area contributed by atoms with E-state index >= 15 is 0 Å². The number of hydrogen-bond donors (Lipinski definition) is 2. The smallest absolute Gasteiger partial charge is 0.242 e. The molecular weight excluding hydrogens is 254 g/mol. The van der Waals surface area contributed by atoms with E-state index in [0.29, 0.717) is 6.54 Å². The summed E-state index contributed by atoms with van der Waals surface area (Å²) in [5.74, 6) is 0.0443. The van der Waals surface area contributed by atoms with Crippen molar-refractivity contribution in [2.75, 3.05) is 13.6 Å². The topological polar surface area (TPSA) is 75.4 Å². The summed E-state index contributed by atoms with van der Waals surface area (Å²) in [5, 5.41) is 2.67. The Bertz CT molecular complexity index is 331. The van der Waals surface area contributed by atoms with Gasteiger partial charge in [0.15, 0.2) is 0 Å². The molecule has 0 bridgehead atoms. The summed E-state index contributed by atoms with van der Waals surface area (Å²) < 4.78 is 0. The van der Waals surface area contributed by atoms with Crippen LogP contribution in [0.5, 0.6) is 0 Å². The summed E-state index contributed by atoms with van der Waals surface area (Å²) in [4.78, 5) is 26.2. The predicted molar refractivity (Wildman–Crippen MR) is 80.1 cm³/mol. The van der Waals surface area contributed by atoms with E-state index in [1.807, 2.05) is 13.8 Å². The SMILES string of the molecule is CNC(=O)C1CCCCN1C(=O)C(C)CCCC(C)N. The quantitative estimate of drug-likeness (QED) is 0.770. The second kappa shape index (κ2) is 8.25. The molecule has 0 aliphatic carbocycles. The van der Waals surface area contributed by atoms with Crippen LogP contribution in [0, 0.1) is 5.92 Å². The first-order valence-electron chi connectivity index (χ1n) is 7.75. The number of nitrogens with one attached hydrogen (secondary N) is 1. The first-order valence-corrected chi connectivity index (χ1v) is 7.75. The van der Waals surface area contributed by atoms with E-state index in [9.17, 15) is 9.59 Å². The minimum Gasteiger partial charge on any atom is -0.357 e. The average molecular weight is 283 g/mol. The summed E-state index contributed by atoms with van der Waals surface area (Å²) in [5.41, 5.74) is 5.73. The van der Waals surface area contributed by atoms with Gasteiger partial charge in [0.2, 0.25) is 11.8 Å². The fourth-order valence-electron chi connectivity index (χ4n) is 2.79. The lowest BCUT2D eigenvalue weighted by Crippen LogP contribution is -2.52. The molecule has 116 valence electrons. The first-order chi connectivity index (χ1) is 9.47. The number of nitrogens with zero attached hydrogens (tertiary/aromatic N) is 1. The van der Waals surface area contributed by atoms with Crippen LogP contribution in [0.1, 0.15) is 52.4 Å². The van der Waals surface area contributed by atoms with Crippen molar-refractivity contribution >= 4 is 11.8 Å². The van der Waals surface area contributed by atoms with Gasteiger partial charge >= 0.3 is 0 Å². The van der Waals surface area contributed by atoms with E-state index in [1.54, 1.807) is 11.9 Å². The van der Waals surface area contributed by atoms with Gasteiger partial charge in [0.05, 0.1) is 0 Å². The van der Waals surface area contributed by atoms with Gasteiger partial charge in [0, 0.05) is 25.6 Å². The minimum atomic E-state index is -0.280. The average Bonchev–Trinajstić information content (AvgIpc) is 2.45. The largest absolute Gasteiger partial charge is 0.357 e. The van der Waals surface area contributed by atoms with E-state index in [2.05, 4.69) is 5.32 Å². The highest BCUT2D eigenvalue weighted by Crippen LogP contribution is 2.21. The summed E-state index contributed by atoms with van der Waals surface area (Å²) in [6, 6.07) is -0.0944. The third-order valence-electron chi connectivity index (χ3n) is 4.05. The third-order valence-corrected chi connectivity index (χ3v) is 4.05. The van der Waals surface area contributed by atoms with Gasteiger partial charge in [0.25, 0.3) is 0 Å². The Morgan fingerprint density at radius 3 is 2.60 bits per heavy atom. The Hall–Kier alpha value is -1.10. The first kappa shape index (κ1) is 17.0. The zero-order valence-electron chi connectivity index (χ0n) is 13.0. The number of rotatable bonds is 6. The summed E-state index contributed by atoms with van der Waals surface area (Å²) in [6.07, 6.45) is 5.53. The van der Waals surface area contributed by atoms with Gasteiger partial charge in [-0.25, -0.2) is 0 Å². The van der Waals surface area contributed by atoms with Crippen molar-refractivity contribution in [1.82, 2.24) is 10.2 Å². The van der Waals surface area contributed by atoms with Crippen molar-refractivity contribution < 1.29 is 9.59 Å². The molecule has 1 aliphatic heterocycles. The fourth-order valence-corrected chi connectivity index (χ4v) is 2.79. The monoisotopic (exact) mass is 283 g/mol. The van der Waals surface area contributed by atoms with Gasteiger partial charge in [-0.3, -0.25) is 9.59 Å². The highest BCUT2D eigenvalue weighted by molar-refractivity contribution is 5.88. The molecule has 0 radical (unpaired) electrons. The molecular formula is C15H29N3O2. The van der Waals surface area contributed by atoms with Crippen LogP contribution < -0.4 is 11.1 Å². The predicted octanol–water partition coefficient (Wildman–Crippen LogP) is 1.27. The fraction of sp³-hybridized carbons (Fsp3) is 0.867. The van der Waals surface area contributed by atoms with E-state index in [-0.39, 0.29) is 29.8 Å². The van der Waals surface area contributed by atoms with Crippen LogP contribution in [0.3, 0.4) is 0 Å². The summed E-state index contributed by atoms with van der Waals surface area (Å²) >= 11 is 0. The lowest BCUT2D eigenvalue weighted by atomic mass is 9.96. The Labute approximate surface area is 122 Å². The standard InChI is InChI=1S/C15H29N3O2/c1-11(7-6-8-12(2)16)15(20)18-10-5-4-9-13(18)14(19)17-3/h11-13H,4-10,16H2,1-3H3,(H,17,19). The normalized spacial score (nSPS) is 22.2. The molecule has 5 heteroatoms. The zero-order chi connectivity index (χ0) is 15.1. The summed E-state index contributed by atoms with van der Waals surface area (Å²) in [6.45, 7) is 4.65. The van der Waals surface area contributed by atoms with Crippen molar-refractivity contribution in [3.05, 3.63) is 0 Å². The number of likely N-dealkylation sites (tertiary alicyclic amines) is 1. The van der Waals surface area contributed by atoms with Crippen LogP contribution in [-0.4, -0.2) is 42.4 Å². The molecule has 3 atom stereocenters. The van der Waals surface area contributed by atoms with Crippen molar-refractivity contribution in [2.45, 2.75) is 64.5 Å². The maximum absolute atomic E-state index is 12.5. The van der Waals surface area contributed by atoms with Crippen LogP contribution in [-0.2, 0) is 9.59 Å². The molecule has 1 rings (SSSR count). The van der Waals surface area contributed by atoms with Crippen LogP contribution in [0.15, 0.2) is 0 Å². The maximum atomic E-state index is 12.5. The van der Waals surface area contributed by atoms with Crippen molar-refractivity contribution in [3.63, 3.8) is 0 Å². The van der Waals surface area contributed by atoms with E-state index in [0.717, 1.165) is 38.5 Å². The zero-order valence-corrected chi connectivity index (χ0v) is 13.0. The second-order valence-corrected chi connectivity index (χ2v) is 5.97. The molecule has 1 saturated heterocycles. The minimum absolute atomic E-state index is 0.0287. The molecule has 20 heavy (non-hydrogen) atoms. The molecule has 0 aromatic rings. The highest BCUT2D eigenvalue weighted by atomic mass is 16.2. The number of piperidine rings is 1. The molecule has 3 unspecified atom stereocenters. The molecule has 0 spiro atoms. The second-order valence-electron chi connectivity index (χ2n) is 5.97. The van der Waals surface area contributed by atoms with Crippen LogP contribution in [0.4, 0.5) is 0 Å². The van der Waals surface area contributed by atoms with Gasteiger partial charge in [-0.1, -0.05) is 13.3 Å². The highest BCUT2D eigenvalue weighted by Gasteiger charge is 2.33. The Balaban J connectivity index is 2.55. The van der Waals surface area contributed by atoms with E-state index in [1.165, 1.54) is 0 Å². The number of carbonyl (C=O) groups is 2. The number of carbonyl (C=O) groups excluding carboxylic acids is 2. The summed E-state index contributed by atoms with van der Waals surface area (Å²) in [7, 11) is 1.63. The van der Waals surface area contributed by atoms with Gasteiger partial charge in [0.1, 0.15) is 6.04 Å². The molecule has 5 nitrogen and oxygen atoms in total. The van der Waals surface area contributed by atoms with Gasteiger partial charge in [-0.15, -0.1) is 0 Å². The molecule has 0 aromatic carbocycles. The molecule has 0 saturated carbocycles. The molecule has 1 heterocycles. The Morgan fingerprint density at radius 1 is 1.30 bits per heavy atom. The van der Waals surface area contributed by atoms with Gasteiger partial charge in [-0.05, 0) is 39.0 Å². The lowest BCUT2D eigenvalue weighted by molar-refractivity contribution is -0.145. The molecule has 2 amide bonds. The lowest BCUT2D eigenvalue weighted by Gasteiger charge is -2.36. The van der Waals surface area contributed by atoms with Crippen molar-refractivity contribution in [3.8, 4) is 0 Å². The molecule has 0 aromatic heterocycles. The van der Waals surface area contributed by atoms with Crippen LogP contribution in [0.2, 0.25) is 0 Å².